The van der Waals surface area contributed by atoms with Crippen molar-refractivity contribution in [2.24, 2.45) is 5.73 Å². The zero-order chi connectivity index (χ0) is 24.0. The summed E-state index contributed by atoms with van der Waals surface area (Å²) < 4.78 is 21.5. The SMILES string of the molecule is CO[C@@](CCCCN)(NC(=O)CC(C)(C)c1c(C)cc(C)cc1OP(=O)(O)O)C(=O)O. The van der Waals surface area contributed by atoms with Crippen molar-refractivity contribution in [3.05, 3.63) is 28.8 Å². The van der Waals surface area contributed by atoms with Gasteiger partial charge in [0.05, 0.1) is 0 Å². The predicted octanol–water partition coefficient (Wildman–Crippen LogP) is 2.12. The molecule has 1 aromatic carbocycles. The molecule has 1 rings (SSSR count). The molecule has 11 heteroatoms. The maximum absolute atomic E-state index is 12.8. The lowest BCUT2D eigenvalue weighted by atomic mass is 9.78. The first kappa shape index (κ1) is 27.1. The first-order valence-corrected chi connectivity index (χ1v) is 11.4. The van der Waals surface area contributed by atoms with Gasteiger partial charge in [-0.1, -0.05) is 19.9 Å². The summed E-state index contributed by atoms with van der Waals surface area (Å²) in [5, 5.41) is 12.1. The van der Waals surface area contributed by atoms with E-state index in [4.69, 9.17) is 15.0 Å². The lowest BCUT2D eigenvalue weighted by Gasteiger charge is -2.33. The molecule has 0 saturated carbocycles. The quantitative estimate of drug-likeness (QED) is 0.178. The maximum atomic E-state index is 12.8. The van der Waals surface area contributed by atoms with E-state index in [1.54, 1.807) is 27.7 Å². The van der Waals surface area contributed by atoms with Crippen LogP contribution in [0.1, 0.15) is 56.2 Å². The molecule has 0 aliphatic rings. The molecule has 0 heterocycles. The number of hydrogen-bond donors (Lipinski definition) is 5. The highest BCUT2D eigenvalue weighted by molar-refractivity contribution is 7.46. The maximum Gasteiger partial charge on any atom is 0.524 e. The summed E-state index contributed by atoms with van der Waals surface area (Å²) in [6.45, 7) is 7.30. The minimum atomic E-state index is -4.83. The second-order valence-corrected chi connectivity index (χ2v) is 9.39. The van der Waals surface area contributed by atoms with E-state index in [1.165, 1.54) is 13.2 Å². The summed E-state index contributed by atoms with van der Waals surface area (Å²) >= 11 is 0. The van der Waals surface area contributed by atoms with Crippen LogP contribution in [-0.2, 0) is 24.3 Å². The zero-order valence-corrected chi connectivity index (χ0v) is 19.5. The van der Waals surface area contributed by atoms with Gasteiger partial charge < -0.3 is 25.4 Å². The van der Waals surface area contributed by atoms with Gasteiger partial charge in [-0.15, -0.1) is 0 Å². The van der Waals surface area contributed by atoms with Crippen LogP contribution in [0.3, 0.4) is 0 Å². The molecule has 0 aliphatic carbocycles. The summed E-state index contributed by atoms with van der Waals surface area (Å²) in [5.41, 5.74) is 4.48. The van der Waals surface area contributed by atoms with Crippen molar-refractivity contribution in [2.75, 3.05) is 13.7 Å². The molecule has 10 nitrogen and oxygen atoms in total. The molecule has 6 N–H and O–H groups in total. The Balaban J connectivity index is 3.22. The number of carboxylic acid groups (broad SMARTS) is 1. The highest BCUT2D eigenvalue weighted by atomic mass is 31.2. The van der Waals surface area contributed by atoms with E-state index < -0.39 is 30.8 Å². The number of nitrogens with two attached hydrogens (primary N) is 1. The molecular formula is C20H33N2O8P. The van der Waals surface area contributed by atoms with Crippen LogP contribution in [0.5, 0.6) is 5.75 Å². The van der Waals surface area contributed by atoms with Crippen LogP contribution in [0.2, 0.25) is 0 Å². The number of rotatable bonds is 12. The van der Waals surface area contributed by atoms with E-state index in [1.807, 2.05) is 6.07 Å². The minimum Gasteiger partial charge on any atom is -0.478 e. The number of carbonyl (C=O) groups excluding carboxylic acids is 1. The number of amides is 1. The van der Waals surface area contributed by atoms with Crippen molar-refractivity contribution in [3.8, 4) is 5.75 Å². The van der Waals surface area contributed by atoms with Gasteiger partial charge in [-0.2, -0.15) is 0 Å². The van der Waals surface area contributed by atoms with Crippen LogP contribution in [-0.4, -0.2) is 46.1 Å². The average molecular weight is 460 g/mol. The van der Waals surface area contributed by atoms with Crippen LogP contribution in [0.15, 0.2) is 12.1 Å². The number of unbranched alkanes of at least 4 members (excludes halogenated alkanes) is 1. The normalized spacial score (nSPS) is 14.1. The molecule has 0 unspecified atom stereocenters. The lowest BCUT2D eigenvalue weighted by molar-refractivity contribution is -0.171. The highest BCUT2D eigenvalue weighted by Crippen LogP contribution is 2.45. The van der Waals surface area contributed by atoms with Crippen molar-refractivity contribution < 1.29 is 38.3 Å². The molecule has 0 bridgehead atoms. The highest BCUT2D eigenvalue weighted by Gasteiger charge is 2.41. The molecule has 0 radical (unpaired) electrons. The van der Waals surface area contributed by atoms with Gasteiger partial charge in [0.1, 0.15) is 5.75 Å². The Morgan fingerprint density at radius 1 is 1.19 bits per heavy atom. The van der Waals surface area contributed by atoms with Crippen LogP contribution in [0, 0.1) is 13.8 Å². The first-order valence-electron chi connectivity index (χ1n) is 9.84. The zero-order valence-electron chi connectivity index (χ0n) is 18.6. The van der Waals surface area contributed by atoms with Crippen molar-refractivity contribution in [3.63, 3.8) is 0 Å². The summed E-state index contributed by atoms with van der Waals surface area (Å²) in [4.78, 5) is 43.3. The standard InChI is InChI=1S/C20H33N2O8P/c1-13-10-14(2)17(15(11-13)30-31(26,27)28)19(3,4)12-16(23)22-20(29-5,18(24)25)8-6-7-9-21/h10-11H,6-9,12,21H2,1-5H3,(H,22,23)(H,24,25)(H2,26,27,28)/t20-/m1/s1. The van der Waals surface area contributed by atoms with Gasteiger partial charge in [0.25, 0.3) is 0 Å². The fourth-order valence-electron chi connectivity index (χ4n) is 3.74. The fourth-order valence-corrected chi connectivity index (χ4v) is 4.14. The Labute approximate surface area is 182 Å². The Bertz CT molecular complexity index is 852. The molecule has 0 aromatic heterocycles. The largest absolute Gasteiger partial charge is 0.524 e. The van der Waals surface area contributed by atoms with E-state index in [2.05, 4.69) is 5.32 Å². The molecule has 0 saturated heterocycles. The van der Waals surface area contributed by atoms with E-state index in [0.29, 0.717) is 30.5 Å². The predicted molar refractivity (Wildman–Crippen MR) is 115 cm³/mol. The van der Waals surface area contributed by atoms with Crippen LogP contribution >= 0.6 is 7.82 Å². The van der Waals surface area contributed by atoms with Crippen LogP contribution in [0.25, 0.3) is 0 Å². The van der Waals surface area contributed by atoms with Crippen molar-refractivity contribution >= 4 is 19.7 Å². The molecule has 1 atom stereocenters. The number of hydrogen-bond acceptors (Lipinski definition) is 6. The monoisotopic (exact) mass is 460 g/mol. The van der Waals surface area contributed by atoms with Gasteiger partial charge in [0.15, 0.2) is 0 Å². The number of nitrogens with one attached hydrogen (secondary N) is 1. The van der Waals surface area contributed by atoms with Gasteiger partial charge in [-0.3, -0.25) is 14.6 Å². The molecule has 0 aliphatic heterocycles. The number of aliphatic carboxylic acids is 1. The average Bonchev–Trinajstić information content (AvgIpc) is 2.57. The summed E-state index contributed by atoms with van der Waals surface area (Å²) in [6.07, 6.45) is 0.880. The first-order chi connectivity index (χ1) is 14.2. The molecular weight excluding hydrogens is 427 g/mol. The number of carbonyl (C=O) groups is 2. The van der Waals surface area contributed by atoms with Crippen LogP contribution in [0.4, 0.5) is 0 Å². The number of ether oxygens (including phenoxy) is 1. The van der Waals surface area contributed by atoms with Gasteiger partial charge >= 0.3 is 13.8 Å². The Morgan fingerprint density at radius 3 is 2.29 bits per heavy atom. The number of benzene rings is 1. The second kappa shape index (κ2) is 10.6. The van der Waals surface area contributed by atoms with E-state index in [9.17, 15) is 29.0 Å². The van der Waals surface area contributed by atoms with Gasteiger partial charge in [0, 0.05) is 30.9 Å². The van der Waals surface area contributed by atoms with E-state index in [-0.39, 0.29) is 18.6 Å². The third kappa shape index (κ3) is 7.59. The van der Waals surface area contributed by atoms with Crippen molar-refractivity contribution in [1.82, 2.24) is 5.32 Å². The van der Waals surface area contributed by atoms with Crippen LogP contribution < -0.4 is 15.6 Å². The third-order valence-corrected chi connectivity index (χ3v) is 5.39. The molecule has 1 aromatic rings. The summed E-state index contributed by atoms with van der Waals surface area (Å²) in [6, 6.07) is 3.30. The summed E-state index contributed by atoms with van der Waals surface area (Å²) in [7, 11) is -3.63. The molecule has 31 heavy (non-hydrogen) atoms. The van der Waals surface area contributed by atoms with Gasteiger partial charge in [-0.05, 0) is 50.4 Å². The number of aryl methyl sites for hydroxylation is 2. The third-order valence-electron chi connectivity index (χ3n) is 4.96. The molecule has 0 fully saturated rings. The Kier molecular flexibility index (Phi) is 9.22. The molecule has 0 spiro atoms. The minimum absolute atomic E-state index is 0.0252. The lowest BCUT2D eigenvalue weighted by Crippen LogP contribution is -2.56. The smallest absolute Gasteiger partial charge is 0.478 e. The number of methoxy groups -OCH3 is 1. The molecule has 176 valence electrons. The van der Waals surface area contributed by atoms with Gasteiger partial charge in [-0.25, -0.2) is 9.36 Å². The van der Waals surface area contributed by atoms with E-state index in [0.717, 1.165) is 5.56 Å². The Hall–Kier alpha value is -1.97. The summed E-state index contributed by atoms with van der Waals surface area (Å²) in [5.74, 6) is -1.94. The van der Waals surface area contributed by atoms with Crippen molar-refractivity contribution in [1.29, 1.82) is 0 Å². The van der Waals surface area contributed by atoms with Gasteiger partial charge in [0.2, 0.25) is 11.6 Å². The van der Waals surface area contributed by atoms with Crippen molar-refractivity contribution in [2.45, 2.75) is 64.5 Å². The number of phosphoric acid groups is 1. The topological polar surface area (TPSA) is 168 Å². The fraction of sp³-hybridized carbons (Fsp3) is 0.600. The number of phosphoric ester groups is 1. The second-order valence-electron chi connectivity index (χ2n) is 8.23. The van der Waals surface area contributed by atoms with E-state index >= 15 is 0 Å². The molecule has 1 amide bonds. The number of carboxylic acids is 1. The Morgan fingerprint density at radius 2 is 1.81 bits per heavy atom.